The van der Waals surface area contributed by atoms with Gasteiger partial charge in [0.2, 0.25) is 5.91 Å². The fourth-order valence-corrected chi connectivity index (χ4v) is 1.70. The van der Waals surface area contributed by atoms with Crippen molar-refractivity contribution in [2.24, 2.45) is 0 Å². The molecule has 0 radical (unpaired) electrons. The summed E-state index contributed by atoms with van der Waals surface area (Å²) in [5, 5.41) is 10.8. The minimum Gasteiger partial charge on any atom is -0.465 e. The van der Waals surface area contributed by atoms with E-state index in [1.165, 1.54) is 0 Å². The maximum absolute atomic E-state index is 11.7. The molecule has 14 heavy (non-hydrogen) atoms. The lowest BCUT2D eigenvalue weighted by Crippen LogP contribution is -2.46. The summed E-state index contributed by atoms with van der Waals surface area (Å²) in [6, 6.07) is -0.546. The standard InChI is InChI=1S/C9H16N2O3/c1-2-11-6-4-3-5-7(8(11)12)10-9(13)14/h7,10H,2-6H2,1H3,(H,13,14)/t7-/m0/s1. The summed E-state index contributed by atoms with van der Waals surface area (Å²) in [6.07, 6.45) is 1.34. The highest BCUT2D eigenvalue weighted by atomic mass is 16.4. The molecule has 1 fully saturated rings. The Hall–Kier alpha value is -1.26. The second-order valence-corrected chi connectivity index (χ2v) is 3.42. The quantitative estimate of drug-likeness (QED) is 0.687. The van der Waals surface area contributed by atoms with Crippen LogP contribution in [0.5, 0.6) is 0 Å². The van der Waals surface area contributed by atoms with E-state index in [9.17, 15) is 9.59 Å². The molecule has 2 N–H and O–H groups in total. The van der Waals surface area contributed by atoms with Crippen LogP contribution >= 0.6 is 0 Å². The molecule has 1 aliphatic rings. The van der Waals surface area contributed by atoms with E-state index in [4.69, 9.17) is 5.11 Å². The van der Waals surface area contributed by atoms with Crippen molar-refractivity contribution in [2.45, 2.75) is 32.2 Å². The van der Waals surface area contributed by atoms with Crippen LogP contribution in [0.1, 0.15) is 26.2 Å². The van der Waals surface area contributed by atoms with E-state index in [-0.39, 0.29) is 5.91 Å². The number of hydrogen-bond acceptors (Lipinski definition) is 2. The number of amides is 2. The summed E-state index contributed by atoms with van der Waals surface area (Å²) in [5.74, 6) is -0.0904. The molecule has 0 unspecified atom stereocenters. The lowest BCUT2D eigenvalue weighted by atomic mass is 10.1. The van der Waals surface area contributed by atoms with Crippen LogP contribution in [0.4, 0.5) is 4.79 Å². The Labute approximate surface area is 83.1 Å². The molecule has 1 rings (SSSR count). The zero-order valence-corrected chi connectivity index (χ0v) is 8.32. The van der Waals surface area contributed by atoms with E-state index < -0.39 is 12.1 Å². The van der Waals surface area contributed by atoms with Gasteiger partial charge in [-0.15, -0.1) is 0 Å². The average molecular weight is 200 g/mol. The number of likely N-dealkylation sites (N-methyl/N-ethyl adjacent to an activating group) is 1. The Kier molecular flexibility index (Phi) is 3.73. The van der Waals surface area contributed by atoms with Crippen molar-refractivity contribution >= 4 is 12.0 Å². The molecule has 1 heterocycles. The molecule has 0 bridgehead atoms. The van der Waals surface area contributed by atoms with Crippen molar-refractivity contribution < 1.29 is 14.7 Å². The highest BCUT2D eigenvalue weighted by Crippen LogP contribution is 2.11. The van der Waals surface area contributed by atoms with Crippen molar-refractivity contribution in [1.29, 1.82) is 0 Å². The molecule has 5 heteroatoms. The van der Waals surface area contributed by atoms with Crippen LogP contribution in [0.2, 0.25) is 0 Å². The number of nitrogens with zero attached hydrogens (tertiary/aromatic N) is 1. The van der Waals surface area contributed by atoms with Gasteiger partial charge in [0.15, 0.2) is 0 Å². The monoisotopic (exact) mass is 200 g/mol. The lowest BCUT2D eigenvalue weighted by Gasteiger charge is -2.22. The van der Waals surface area contributed by atoms with Crippen LogP contribution in [0.25, 0.3) is 0 Å². The van der Waals surface area contributed by atoms with Gasteiger partial charge in [-0.3, -0.25) is 4.79 Å². The molecule has 0 aromatic rings. The molecule has 0 saturated carbocycles. The van der Waals surface area contributed by atoms with Crippen molar-refractivity contribution in [3.63, 3.8) is 0 Å². The van der Waals surface area contributed by atoms with Gasteiger partial charge in [-0.1, -0.05) is 0 Å². The van der Waals surface area contributed by atoms with Crippen LogP contribution in [-0.4, -0.2) is 41.1 Å². The first-order valence-corrected chi connectivity index (χ1v) is 4.93. The molecule has 0 spiro atoms. The summed E-state index contributed by atoms with van der Waals surface area (Å²) in [4.78, 5) is 23.9. The smallest absolute Gasteiger partial charge is 0.405 e. The summed E-state index contributed by atoms with van der Waals surface area (Å²) in [7, 11) is 0. The predicted molar refractivity (Wildman–Crippen MR) is 51.1 cm³/mol. The van der Waals surface area contributed by atoms with E-state index in [0.717, 1.165) is 19.4 Å². The molecule has 1 aliphatic heterocycles. The summed E-state index contributed by atoms with van der Waals surface area (Å²) in [5.41, 5.74) is 0. The minimum absolute atomic E-state index is 0.0904. The second kappa shape index (κ2) is 4.83. The molecule has 0 aromatic carbocycles. The molecule has 0 aliphatic carbocycles. The molecule has 1 atom stereocenters. The molecule has 0 aromatic heterocycles. The third-order valence-electron chi connectivity index (χ3n) is 2.46. The largest absolute Gasteiger partial charge is 0.465 e. The Balaban J connectivity index is 2.63. The van der Waals surface area contributed by atoms with Gasteiger partial charge in [-0.05, 0) is 26.2 Å². The maximum atomic E-state index is 11.7. The Bertz CT molecular complexity index is 230. The van der Waals surface area contributed by atoms with Gasteiger partial charge in [0, 0.05) is 13.1 Å². The van der Waals surface area contributed by atoms with Gasteiger partial charge in [-0.25, -0.2) is 4.79 Å². The topological polar surface area (TPSA) is 69.6 Å². The number of carbonyl (C=O) groups is 2. The average Bonchev–Trinajstić information content (AvgIpc) is 2.29. The number of hydrogen-bond donors (Lipinski definition) is 2. The summed E-state index contributed by atoms with van der Waals surface area (Å²) in [6.45, 7) is 3.30. The molecule has 80 valence electrons. The summed E-state index contributed by atoms with van der Waals surface area (Å²) >= 11 is 0. The molecule has 2 amide bonds. The van der Waals surface area contributed by atoms with Crippen molar-refractivity contribution in [3.8, 4) is 0 Å². The Morgan fingerprint density at radius 2 is 2.36 bits per heavy atom. The number of carbonyl (C=O) groups excluding carboxylic acids is 1. The minimum atomic E-state index is -1.12. The SMILES string of the molecule is CCN1CCCC[C@H](NC(=O)O)C1=O. The van der Waals surface area contributed by atoms with Crippen LogP contribution < -0.4 is 5.32 Å². The van der Waals surface area contributed by atoms with Crippen LogP contribution in [0.15, 0.2) is 0 Å². The maximum Gasteiger partial charge on any atom is 0.405 e. The predicted octanol–water partition coefficient (Wildman–Crippen LogP) is 0.655. The third kappa shape index (κ3) is 2.61. The van der Waals surface area contributed by atoms with E-state index >= 15 is 0 Å². The normalized spacial score (nSPS) is 23.1. The van der Waals surface area contributed by atoms with Crippen LogP contribution in [0.3, 0.4) is 0 Å². The second-order valence-electron chi connectivity index (χ2n) is 3.42. The van der Waals surface area contributed by atoms with Crippen molar-refractivity contribution in [3.05, 3.63) is 0 Å². The first-order valence-electron chi connectivity index (χ1n) is 4.93. The first-order chi connectivity index (χ1) is 6.65. The molecular formula is C9H16N2O3. The number of nitrogens with one attached hydrogen (secondary N) is 1. The fraction of sp³-hybridized carbons (Fsp3) is 0.778. The third-order valence-corrected chi connectivity index (χ3v) is 2.46. The van der Waals surface area contributed by atoms with E-state index in [0.29, 0.717) is 13.0 Å². The number of likely N-dealkylation sites (tertiary alicyclic amines) is 1. The molecular weight excluding hydrogens is 184 g/mol. The lowest BCUT2D eigenvalue weighted by molar-refractivity contribution is -0.132. The van der Waals surface area contributed by atoms with Gasteiger partial charge in [0.1, 0.15) is 6.04 Å². The zero-order valence-electron chi connectivity index (χ0n) is 8.32. The van der Waals surface area contributed by atoms with Crippen LogP contribution in [0, 0.1) is 0 Å². The Morgan fingerprint density at radius 3 is 2.93 bits per heavy atom. The van der Waals surface area contributed by atoms with Gasteiger partial charge < -0.3 is 15.3 Å². The van der Waals surface area contributed by atoms with Crippen molar-refractivity contribution in [2.75, 3.05) is 13.1 Å². The van der Waals surface area contributed by atoms with Gasteiger partial charge >= 0.3 is 6.09 Å². The highest BCUT2D eigenvalue weighted by molar-refractivity contribution is 5.85. The van der Waals surface area contributed by atoms with Crippen LogP contribution in [-0.2, 0) is 4.79 Å². The first kappa shape index (κ1) is 10.8. The zero-order chi connectivity index (χ0) is 10.6. The van der Waals surface area contributed by atoms with E-state index in [2.05, 4.69) is 5.32 Å². The molecule has 5 nitrogen and oxygen atoms in total. The Morgan fingerprint density at radius 1 is 1.64 bits per heavy atom. The summed E-state index contributed by atoms with van der Waals surface area (Å²) < 4.78 is 0. The van der Waals surface area contributed by atoms with Gasteiger partial charge in [0.05, 0.1) is 0 Å². The number of rotatable bonds is 2. The molecule has 1 saturated heterocycles. The number of carboxylic acid groups (broad SMARTS) is 1. The van der Waals surface area contributed by atoms with E-state index in [1.54, 1.807) is 4.90 Å². The van der Waals surface area contributed by atoms with Gasteiger partial charge in [0.25, 0.3) is 0 Å². The van der Waals surface area contributed by atoms with E-state index in [1.807, 2.05) is 6.92 Å². The fourth-order valence-electron chi connectivity index (χ4n) is 1.70. The highest BCUT2D eigenvalue weighted by Gasteiger charge is 2.26. The van der Waals surface area contributed by atoms with Crippen molar-refractivity contribution in [1.82, 2.24) is 10.2 Å². The van der Waals surface area contributed by atoms with Gasteiger partial charge in [-0.2, -0.15) is 0 Å².